The van der Waals surface area contributed by atoms with Gasteiger partial charge in [0, 0.05) is 27.8 Å². The second-order valence-corrected chi connectivity index (χ2v) is 9.08. The first kappa shape index (κ1) is 20.6. The van der Waals surface area contributed by atoms with Gasteiger partial charge in [0.15, 0.2) is 0 Å². The quantitative estimate of drug-likeness (QED) is 0.713. The van der Waals surface area contributed by atoms with E-state index in [0.717, 1.165) is 43.9 Å². The highest BCUT2D eigenvalue weighted by atomic mass is 35.5. The Hall–Kier alpha value is -0.750. The minimum atomic E-state index is -0.755. The Morgan fingerprint density at radius 1 is 1.40 bits per heavy atom. The summed E-state index contributed by atoms with van der Waals surface area (Å²) in [5, 5.41) is 10.4. The fourth-order valence-corrected chi connectivity index (χ4v) is 4.63. The number of thioether (sulfide) groups is 1. The van der Waals surface area contributed by atoms with Gasteiger partial charge in [-0.05, 0) is 57.1 Å². The van der Waals surface area contributed by atoms with Crippen molar-refractivity contribution in [3.63, 3.8) is 0 Å². The SMILES string of the molecule is CC(C)Sc1cccc(Cl)c1CN1CCCC(N(C)CC(=O)O)CC1. The molecule has 1 atom stereocenters. The molecular weight excluding hydrogens is 356 g/mol. The fraction of sp³-hybridized carbons (Fsp3) is 0.632. The van der Waals surface area contributed by atoms with Crippen molar-refractivity contribution in [2.45, 2.75) is 55.8 Å². The zero-order valence-electron chi connectivity index (χ0n) is 15.4. The normalized spacial score (nSPS) is 19.4. The number of hydrogen-bond acceptors (Lipinski definition) is 4. The number of hydrogen-bond donors (Lipinski definition) is 1. The van der Waals surface area contributed by atoms with Crippen molar-refractivity contribution in [1.29, 1.82) is 0 Å². The highest BCUT2D eigenvalue weighted by molar-refractivity contribution is 8.00. The standard InChI is InChI=1S/C19H29ClN2O2S/c1-14(2)25-18-8-4-7-17(20)16(18)12-22-10-5-6-15(9-11-22)21(3)13-19(23)24/h4,7-8,14-15H,5-6,9-13H2,1-3H3,(H,23,24). The summed E-state index contributed by atoms with van der Waals surface area (Å²) in [6.07, 6.45) is 3.14. The molecule has 0 aliphatic carbocycles. The van der Waals surface area contributed by atoms with Gasteiger partial charge in [0.2, 0.25) is 0 Å². The van der Waals surface area contributed by atoms with Crippen LogP contribution in [-0.2, 0) is 11.3 Å². The molecule has 0 saturated carbocycles. The van der Waals surface area contributed by atoms with Gasteiger partial charge in [-0.1, -0.05) is 31.5 Å². The number of aliphatic carboxylic acids is 1. The summed E-state index contributed by atoms with van der Waals surface area (Å²) in [5.41, 5.74) is 1.22. The molecule has 1 N–H and O–H groups in total. The van der Waals surface area contributed by atoms with Crippen LogP contribution in [0.5, 0.6) is 0 Å². The third-order valence-corrected chi connectivity index (χ3v) is 6.08. The maximum absolute atomic E-state index is 10.9. The first-order chi connectivity index (χ1) is 11.9. The predicted molar refractivity (Wildman–Crippen MR) is 106 cm³/mol. The molecule has 1 saturated heterocycles. The van der Waals surface area contributed by atoms with E-state index in [1.54, 1.807) is 0 Å². The predicted octanol–water partition coefficient (Wildman–Crippen LogP) is 4.21. The smallest absolute Gasteiger partial charge is 0.317 e. The lowest BCUT2D eigenvalue weighted by Gasteiger charge is -2.26. The summed E-state index contributed by atoms with van der Waals surface area (Å²) in [4.78, 5) is 16.6. The molecule has 0 aromatic heterocycles. The summed E-state index contributed by atoms with van der Waals surface area (Å²) in [6, 6.07) is 6.50. The molecule has 1 aliphatic heterocycles. The molecule has 2 rings (SSSR count). The lowest BCUT2D eigenvalue weighted by atomic mass is 10.1. The van der Waals surface area contributed by atoms with Crippen molar-refractivity contribution in [3.8, 4) is 0 Å². The Morgan fingerprint density at radius 3 is 2.84 bits per heavy atom. The Bertz CT molecular complexity index is 583. The van der Waals surface area contributed by atoms with Crippen molar-refractivity contribution in [2.24, 2.45) is 0 Å². The lowest BCUT2D eigenvalue weighted by molar-refractivity contribution is -0.138. The maximum atomic E-state index is 10.9. The molecule has 0 radical (unpaired) electrons. The number of rotatable bonds is 7. The van der Waals surface area contributed by atoms with E-state index in [1.807, 2.05) is 35.8 Å². The number of likely N-dealkylation sites (N-methyl/N-ethyl adjacent to an activating group) is 1. The summed E-state index contributed by atoms with van der Waals surface area (Å²) in [5.74, 6) is -0.755. The van der Waals surface area contributed by atoms with Crippen LogP contribution in [0.3, 0.4) is 0 Å². The molecule has 1 fully saturated rings. The zero-order valence-corrected chi connectivity index (χ0v) is 16.9. The molecule has 0 bridgehead atoms. The molecule has 0 spiro atoms. The Morgan fingerprint density at radius 2 is 2.16 bits per heavy atom. The van der Waals surface area contributed by atoms with Crippen LogP contribution < -0.4 is 0 Å². The van der Waals surface area contributed by atoms with E-state index in [2.05, 4.69) is 24.8 Å². The van der Waals surface area contributed by atoms with Gasteiger partial charge in [-0.2, -0.15) is 0 Å². The average molecular weight is 385 g/mol. The van der Waals surface area contributed by atoms with Crippen molar-refractivity contribution >= 4 is 29.3 Å². The van der Waals surface area contributed by atoms with E-state index in [4.69, 9.17) is 16.7 Å². The van der Waals surface area contributed by atoms with Crippen LogP contribution in [0, 0.1) is 0 Å². The fourth-order valence-electron chi connectivity index (χ4n) is 3.36. The molecule has 6 heteroatoms. The Balaban J connectivity index is 2.01. The van der Waals surface area contributed by atoms with E-state index in [-0.39, 0.29) is 6.54 Å². The largest absolute Gasteiger partial charge is 0.480 e. The maximum Gasteiger partial charge on any atom is 0.317 e. The molecule has 0 amide bonds. The Labute approximate surface area is 160 Å². The van der Waals surface area contributed by atoms with E-state index >= 15 is 0 Å². The summed E-state index contributed by atoms with van der Waals surface area (Å²) in [6.45, 7) is 7.39. The number of likely N-dealkylation sites (tertiary alicyclic amines) is 1. The van der Waals surface area contributed by atoms with E-state index in [9.17, 15) is 4.79 Å². The second-order valence-electron chi connectivity index (χ2n) is 7.05. The van der Waals surface area contributed by atoms with Gasteiger partial charge >= 0.3 is 5.97 Å². The van der Waals surface area contributed by atoms with Crippen LogP contribution in [0.4, 0.5) is 0 Å². The zero-order chi connectivity index (χ0) is 18.4. The summed E-state index contributed by atoms with van der Waals surface area (Å²) >= 11 is 8.36. The van der Waals surface area contributed by atoms with E-state index in [0.29, 0.717) is 11.3 Å². The number of benzene rings is 1. The number of halogens is 1. The van der Waals surface area contributed by atoms with Crippen molar-refractivity contribution in [2.75, 3.05) is 26.7 Å². The second kappa shape index (κ2) is 9.81. The molecule has 4 nitrogen and oxygen atoms in total. The monoisotopic (exact) mass is 384 g/mol. The molecular formula is C19H29ClN2O2S. The minimum Gasteiger partial charge on any atom is -0.480 e. The number of nitrogens with zero attached hydrogens (tertiary/aromatic N) is 2. The number of carbonyl (C=O) groups is 1. The molecule has 140 valence electrons. The van der Waals surface area contributed by atoms with Gasteiger partial charge < -0.3 is 5.11 Å². The third-order valence-electron chi connectivity index (χ3n) is 4.62. The number of carboxylic acid groups (broad SMARTS) is 1. The van der Waals surface area contributed by atoms with Crippen LogP contribution in [-0.4, -0.2) is 58.8 Å². The van der Waals surface area contributed by atoms with E-state index < -0.39 is 5.97 Å². The van der Waals surface area contributed by atoms with Gasteiger partial charge in [-0.25, -0.2) is 0 Å². The van der Waals surface area contributed by atoms with Crippen LogP contribution in [0.15, 0.2) is 23.1 Å². The van der Waals surface area contributed by atoms with Crippen molar-refractivity contribution in [3.05, 3.63) is 28.8 Å². The topological polar surface area (TPSA) is 43.8 Å². The van der Waals surface area contributed by atoms with Crippen molar-refractivity contribution < 1.29 is 9.90 Å². The van der Waals surface area contributed by atoms with Gasteiger partial charge in [0.1, 0.15) is 0 Å². The van der Waals surface area contributed by atoms with Crippen LogP contribution in [0.25, 0.3) is 0 Å². The number of carboxylic acids is 1. The molecule has 1 unspecified atom stereocenters. The van der Waals surface area contributed by atoms with Crippen molar-refractivity contribution in [1.82, 2.24) is 9.80 Å². The minimum absolute atomic E-state index is 0.115. The van der Waals surface area contributed by atoms with E-state index in [1.165, 1.54) is 10.5 Å². The van der Waals surface area contributed by atoms with Gasteiger partial charge in [-0.3, -0.25) is 14.6 Å². The van der Waals surface area contributed by atoms with Crippen LogP contribution in [0.2, 0.25) is 5.02 Å². The molecule has 1 aromatic carbocycles. The summed E-state index contributed by atoms with van der Waals surface area (Å²) < 4.78 is 0. The van der Waals surface area contributed by atoms with Crippen LogP contribution in [0.1, 0.15) is 38.7 Å². The molecule has 1 heterocycles. The molecule has 1 aromatic rings. The highest BCUT2D eigenvalue weighted by Crippen LogP contribution is 2.32. The summed E-state index contributed by atoms with van der Waals surface area (Å²) in [7, 11) is 1.92. The van der Waals surface area contributed by atoms with Crippen LogP contribution >= 0.6 is 23.4 Å². The molecule has 25 heavy (non-hydrogen) atoms. The highest BCUT2D eigenvalue weighted by Gasteiger charge is 2.22. The van der Waals surface area contributed by atoms with Gasteiger partial charge in [-0.15, -0.1) is 11.8 Å². The molecule has 1 aliphatic rings. The average Bonchev–Trinajstić information content (AvgIpc) is 2.75. The Kier molecular flexibility index (Phi) is 8.07. The van der Waals surface area contributed by atoms with Gasteiger partial charge in [0.25, 0.3) is 0 Å². The lowest BCUT2D eigenvalue weighted by Crippen LogP contribution is -2.36. The third kappa shape index (κ3) is 6.48. The first-order valence-electron chi connectivity index (χ1n) is 8.95. The first-order valence-corrected chi connectivity index (χ1v) is 10.2. The van der Waals surface area contributed by atoms with Gasteiger partial charge in [0.05, 0.1) is 6.54 Å².